The van der Waals surface area contributed by atoms with E-state index in [4.69, 9.17) is 11.6 Å². The van der Waals surface area contributed by atoms with Gasteiger partial charge < -0.3 is 15.2 Å². The number of anilines is 1. The van der Waals surface area contributed by atoms with Gasteiger partial charge in [-0.15, -0.1) is 0 Å². The fourth-order valence-corrected chi connectivity index (χ4v) is 2.68. The van der Waals surface area contributed by atoms with Gasteiger partial charge in [0, 0.05) is 16.1 Å². The van der Waals surface area contributed by atoms with Crippen molar-refractivity contribution in [2.75, 3.05) is 5.32 Å². The SMILES string of the molecule is Cc1ccc(NC(=O)Cn2nc(C(=O)[O-])c3ccccc3c2=O)cc1Cl. The first-order valence-corrected chi connectivity index (χ1v) is 8.02. The highest BCUT2D eigenvalue weighted by Crippen LogP contribution is 2.20. The van der Waals surface area contributed by atoms with Crippen molar-refractivity contribution in [2.24, 2.45) is 0 Å². The van der Waals surface area contributed by atoms with Crippen LogP contribution < -0.4 is 16.0 Å². The van der Waals surface area contributed by atoms with Crippen molar-refractivity contribution < 1.29 is 14.7 Å². The van der Waals surface area contributed by atoms with Crippen molar-refractivity contribution in [3.05, 3.63) is 69.1 Å². The van der Waals surface area contributed by atoms with Gasteiger partial charge in [0.15, 0.2) is 0 Å². The van der Waals surface area contributed by atoms with E-state index < -0.39 is 29.7 Å². The largest absolute Gasteiger partial charge is 0.543 e. The fourth-order valence-electron chi connectivity index (χ4n) is 2.50. The van der Waals surface area contributed by atoms with Gasteiger partial charge in [0.1, 0.15) is 12.2 Å². The van der Waals surface area contributed by atoms with Gasteiger partial charge in [0.05, 0.1) is 11.4 Å². The lowest BCUT2D eigenvalue weighted by Gasteiger charge is -2.12. The molecule has 8 heteroatoms. The summed E-state index contributed by atoms with van der Waals surface area (Å²) in [7, 11) is 0. The molecule has 7 nitrogen and oxygen atoms in total. The molecule has 2 aromatic carbocycles. The number of hydrogen-bond acceptors (Lipinski definition) is 5. The molecule has 0 saturated carbocycles. The van der Waals surface area contributed by atoms with E-state index in [1.807, 2.05) is 6.92 Å². The van der Waals surface area contributed by atoms with E-state index in [0.29, 0.717) is 10.7 Å². The zero-order valence-electron chi connectivity index (χ0n) is 13.7. The number of aromatic nitrogens is 2. The third-order valence-electron chi connectivity index (χ3n) is 3.81. The predicted molar refractivity (Wildman–Crippen MR) is 95.2 cm³/mol. The Morgan fingerprint density at radius 2 is 1.88 bits per heavy atom. The highest BCUT2D eigenvalue weighted by Gasteiger charge is 2.13. The van der Waals surface area contributed by atoms with E-state index in [9.17, 15) is 19.5 Å². The monoisotopic (exact) mass is 370 g/mol. The number of carboxylic acid groups (broad SMARTS) is 1. The fraction of sp³-hybridized carbons (Fsp3) is 0.111. The number of rotatable bonds is 4. The van der Waals surface area contributed by atoms with Gasteiger partial charge in [-0.05, 0) is 30.7 Å². The number of hydrogen-bond donors (Lipinski definition) is 1. The summed E-state index contributed by atoms with van der Waals surface area (Å²) in [5.74, 6) is -2.07. The molecule has 0 aliphatic rings. The number of halogens is 1. The van der Waals surface area contributed by atoms with E-state index in [1.54, 1.807) is 30.3 Å². The summed E-state index contributed by atoms with van der Waals surface area (Å²) < 4.78 is 0.804. The van der Waals surface area contributed by atoms with Crippen molar-refractivity contribution in [3.63, 3.8) is 0 Å². The molecule has 1 amide bonds. The first-order chi connectivity index (χ1) is 12.4. The molecule has 0 aliphatic carbocycles. The molecule has 1 heterocycles. The number of benzene rings is 2. The molecule has 26 heavy (non-hydrogen) atoms. The van der Waals surface area contributed by atoms with E-state index in [1.165, 1.54) is 12.1 Å². The number of carboxylic acids is 1. The smallest absolute Gasteiger partial charge is 0.275 e. The van der Waals surface area contributed by atoms with Gasteiger partial charge in [-0.1, -0.05) is 35.9 Å². The Balaban J connectivity index is 1.94. The maximum atomic E-state index is 12.5. The van der Waals surface area contributed by atoms with Crippen LogP contribution in [0.25, 0.3) is 10.8 Å². The van der Waals surface area contributed by atoms with E-state index >= 15 is 0 Å². The first-order valence-electron chi connectivity index (χ1n) is 7.64. The van der Waals surface area contributed by atoms with Crippen LogP contribution >= 0.6 is 11.6 Å². The molecule has 0 spiro atoms. The topological polar surface area (TPSA) is 104 Å². The number of aryl methyl sites for hydroxylation is 1. The van der Waals surface area contributed by atoms with Crippen LogP contribution in [-0.2, 0) is 11.3 Å². The van der Waals surface area contributed by atoms with E-state index in [-0.39, 0.29) is 10.8 Å². The standard InChI is InChI=1S/C18H14ClN3O4/c1-10-6-7-11(8-14(10)19)20-15(23)9-22-17(24)13-5-3-2-4-12(13)16(21-22)18(25)26/h2-8H,9H2,1H3,(H,20,23)(H,25,26)/p-1. The van der Waals surface area contributed by atoms with Crippen LogP contribution in [0.3, 0.4) is 0 Å². The maximum Gasteiger partial charge on any atom is 0.275 e. The predicted octanol–water partition coefficient (Wildman–Crippen LogP) is 1.36. The number of aromatic carboxylic acids is 1. The Labute approximate surface area is 152 Å². The molecule has 3 rings (SSSR count). The molecular formula is C18H13ClN3O4-. The number of nitrogens with one attached hydrogen (secondary N) is 1. The minimum atomic E-state index is -1.53. The molecule has 0 saturated heterocycles. The minimum Gasteiger partial charge on any atom is -0.543 e. The van der Waals surface area contributed by atoms with Crippen LogP contribution in [0.15, 0.2) is 47.3 Å². The first kappa shape index (κ1) is 17.6. The van der Waals surface area contributed by atoms with Crippen LogP contribution in [0.1, 0.15) is 16.1 Å². The van der Waals surface area contributed by atoms with Gasteiger partial charge >= 0.3 is 0 Å². The normalized spacial score (nSPS) is 10.7. The maximum absolute atomic E-state index is 12.5. The van der Waals surface area contributed by atoms with Crippen LogP contribution in [0.5, 0.6) is 0 Å². The second-order valence-electron chi connectivity index (χ2n) is 5.66. The van der Waals surface area contributed by atoms with E-state index in [0.717, 1.165) is 10.2 Å². The average molecular weight is 371 g/mol. The average Bonchev–Trinajstić information content (AvgIpc) is 2.60. The lowest BCUT2D eigenvalue weighted by molar-refractivity contribution is -0.255. The van der Waals surface area contributed by atoms with Crippen LogP contribution in [0, 0.1) is 6.92 Å². The summed E-state index contributed by atoms with van der Waals surface area (Å²) in [5.41, 5.74) is 0.351. The van der Waals surface area contributed by atoms with Crippen LogP contribution in [-0.4, -0.2) is 21.7 Å². The summed E-state index contributed by atoms with van der Waals surface area (Å²) in [6.07, 6.45) is 0. The summed E-state index contributed by atoms with van der Waals surface area (Å²) in [4.78, 5) is 36.0. The van der Waals surface area contributed by atoms with E-state index in [2.05, 4.69) is 10.4 Å². The van der Waals surface area contributed by atoms with Crippen molar-refractivity contribution in [3.8, 4) is 0 Å². The second-order valence-corrected chi connectivity index (χ2v) is 6.06. The zero-order valence-corrected chi connectivity index (χ0v) is 14.4. The van der Waals surface area contributed by atoms with Crippen molar-refractivity contribution >= 4 is 39.9 Å². The highest BCUT2D eigenvalue weighted by atomic mass is 35.5. The third-order valence-corrected chi connectivity index (χ3v) is 4.22. The molecule has 1 N–H and O–H groups in total. The van der Waals surface area contributed by atoms with Gasteiger partial charge in [0.25, 0.3) is 5.56 Å². The second kappa shape index (κ2) is 6.97. The number of carbonyl (C=O) groups excluding carboxylic acids is 2. The Bertz CT molecular complexity index is 1090. The van der Waals surface area contributed by atoms with Gasteiger partial charge in [-0.25, -0.2) is 4.68 Å². The Morgan fingerprint density at radius 3 is 2.54 bits per heavy atom. The number of nitrogens with zero attached hydrogens (tertiary/aromatic N) is 2. The number of amides is 1. The molecule has 0 fully saturated rings. The highest BCUT2D eigenvalue weighted by molar-refractivity contribution is 6.31. The third kappa shape index (κ3) is 3.43. The molecule has 0 unspecified atom stereocenters. The molecule has 0 radical (unpaired) electrons. The van der Waals surface area contributed by atoms with Crippen molar-refractivity contribution in [1.29, 1.82) is 0 Å². The minimum absolute atomic E-state index is 0.146. The summed E-state index contributed by atoms with van der Waals surface area (Å²) in [6.45, 7) is 1.38. The Hall–Kier alpha value is -3.19. The molecule has 132 valence electrons. The van der Waals surface area contributed by atoms with Gasteiger partial charge in [-0.2, -0.15) is 5.10 Å². The number of fused-ring (bicyclic) bond motifs is 1. The molecule has 0 aliphatic heterocycles. The number of carbonyl (C=O) groups is 2. The van der Waals surface area contributed by atoms with Gasteiger partial charge in [-0.3, -0.25) is 9.59 Å². The van der Waals surface area contributed by atoms with Crippen LogP contribution in [0.4, 0.5) is 5.69 Å². The van der Waals surface area contributed by atoms with Crippen molar-refractivity contribution in [1.82, 2.24) is 9.78 Å². The molecular weight excluding hydrogens is 358 g/mol. The Morgan fingerprint density at radius 1 is 1.19 bits per heavy atom. The quantitative estimate of drug-likeness (QED) is 0.746. The Kier molecular flexibility index (Phi) is 4.73. The van der Waals surface area contributed by atoms with Crippen LogP contribution in [0.2, 0.25) is 5.02 Å². The lowest BCUT2D eigenvalue weighted by Crippen LogP contribution is -2.34. The summed E-state index contributed by atoms with van der Waals surface area (Å²) in [5, 5.41) is 18.5. The molecule has 1 aromatic heterocycles. The lowest BCUT2D eigenvalue weighted by atomic mass is 10.1. The van der Waals surface area contributed by atoms with Crippen molar-refractivity contribution in [2.45, 2.75) is 13.5 Å². The van der Waals surface area contributed by atoms with Gasteiger partial charge in [0.2, 0.25) is 5.91 Å². The molecule has 0 bridgehead atoms. The summed E-state index contributed by atoms with van der Waals surface area (Å²) in [6, 6.07) is 11.1. The summed E-state index contributed by atoms with van der Waals surface area (Å²) >= 11 is 6.01. The zero-order chi connectivity index (χ0) is 18.8. The molecule has 3 aromatic rings. The molecule has 0 atom stereocenters.